The predicted octanol–water partition coefficient (Wildman–Crippen LogP) is 2.89. The Morgan fingerprint density at radius 3 is 2.62 bits per heavy atom. The van der Waals surface area contributed by atoms with E-state index in [-0.39, 0.29) is 0 Å². The molecule has 1 aliphatic carbocycles. The lowest BCUT2D eigenvalue weighted by Crippen LogP contribution is -2.25. The van der Waals surface area contributed by atoms with Gasteiger partial charge < -0.3 is 10.2 Å². The first-order chi connectivity index (χ1) is 7.72. The van der Waals surface area contributed by atoms with Crippen LogP contribution in [-0.4, -0.2) is 37.6 Å². The van der Waals surface area contributed by atoms with Crippen molar-refractivity contribution in [1.29, 1.82) is 0 Å². The van der Waals surface area contributed by atoms with Crippen LogP contribution in [0.15, 0.2) is 0 Å². The topological polar surface area (TPSA) is 15.3 Å². The largest absolute Gasteiger partial charge is 0.314 e. The van der Waals surface area contributed by atoms with Gasteiger partial charge in [-0.05, 0) is 51.7 Å². The molecule has 1 atom stereocenters. The van der Waals surface area contributed by atoms with Crippen LogP contribution < -0.4 is 5.32 Å². The van der Waals surface area contributed by atoms with Gasteiger partial charge in [-0.15, -0.1) is 0 Å². The molecule has 0 aliphatic heterocycles. The normalized spacial score (nSPS) is 18.0. The van der Waals surface area contributed by atoms with Crippen LogP contribution in [0.3, 0.4) is 0 Å². The lowest BCUT2D eigenvalue weighted by molar-refractivity contribution is 0.276. The smallest absolute Gasteiger partial charge is 0.00682 e. The van der Waals surface area contributed by atoms with Crippen LogP contribution in [0.2, 0.25) is 0 Å². The molecular formula is C14H30N2. The molecule has 0 spiro atoms. The fourth-order valence-corrected chi connectivity index (χ4v) is 2.03. The molecule has 16 heavy (non-hydrogen) atoms. The predicted molar refractivity (Wildman–Crippen MR) is 71.8 cm³/mol. The Kier molecular flexibility index (Phi) is 7.06. The first-order valence-corrected chi connectivity index (χ1v) is 7.14. The number of hydrogen-bond acceptors (Lipinski definition) is 2. The number of unbranched alkanes of at least 4 members (excludes halogenated alkanes) is 2. The van der Waals surface area contributed by atoms with Crippen LogP contribution in [0.1, 0.15) is 52.4 Å². The molecule has 2 heteroatoms. The van der Waals surface area contributed by atoms with Gasteiger partial charge in [0.05, 0.1) is 0 Å². The Hall–Kier alpha value is -0.0800. The fourth-order valence-electron chi connectivity index (χ4n) is 2.03. The van der Waals surface area contributed by atoms with Crippen molar-refractivity contribution in [2.45, 2.75) is 58.4 Å². The van der Waals surface area contributed by atoms with Crippen LogP contribution in [0.25, 0.3) is 0 Å². The molecule has 2 nitrogen and oxygen atoms in total. The highest BCUT2D eigenvalue weighted by Gasteiger charge is 2.19. The number of rotatable bonds is 10. The van der Waals surface area contributed by atoms with Crippen molar-refractivity contribution in [3.63, 3.8) is 0 Å². The maximum Gasteiger partial charge on any atom is 0.00682 e. The molecule has 1 unspecified atom stereocenters. The third-order valence-electron chi connectivity index (χ3n) is 3.55. The summed E-state index contributed by atoms with van der Waals surface area (Å²) in [6.45, 7) is 8.39. The average Bonchev–Trinajstić information content (AvgIpc) is 3.06. The number of nitrogens with zero attached hydrogens (tertiary/aromatic N) is 1. The monoisotopic (exact) mass is 226 g/mol. The first-order valence-electron chi connectivity index (χ1n) is 7.14. The number of hydrogen-bond donors (Lipinski definition) is 1. The van der Waals surface area contributed by atoms with Crippen molar-refractivity contribution < 1.29 is 0 Å². The van der Waals surface area contributed by atoms with E-state index in [1.165, 1.54) is 58.2 Å². The Balaban J connectivity index is 1.81. The van der Waals surface area contributed by atoms with Gasteiger partial charge in [-0.3, -0.25) is 0 Å². The van der Waals surface area contributed by atoms with Crippen LogP contribution in [-0.2, 0) is 0 Å². The van der Waals surface area contributed by atoms with Crippen molar-refractivity contribution in [3.05, 3.63) is 0 Å². The van der Waals surface area contributed by atoms with Gasteiger partial charge in [-0.25, -0.2) is 0 Å². The molecule has 0 amide bonds. The first kappa shape index (κ1) is 14.0. The molecule has 0 bridgehead atoms. The van der Waals surface area contributed by atoms with Gasteiger partial charge in [0.25, 0.3) is 0 Å². The Bertz CT molecular complexity index is 166. The van der Waals surface area contributed by atoms with E-state index in [0.29, 0.717) is 0 Å². The molecule has 1 rings (SSSR count). The second-order valence-electron chi connectivity index (χ2n) is 5.56. The van der Waals surface area contributed by atoms with Crippen molar-refractivity contribution in [1.82, 2.24) is 10.2 Å². The molecule has 1 fully saturated rings. The molecule has 0 radical (unpaired) electrons. The van der Waals surface area contributed by atoms with Crippen molar-refractivity contribution in [2.24, 2.45) is 5.92 Å². The molecule has 0 saturated heterocycles. The van der Waals surface area contributed by atoms with Crippen molar-refractivity contribution in [3.8, 4) is 0 Å². The summed E-state index contributed by atoms with van der Waals surface area (Å²) in [5, 5.41) is 3.57. The summed E-state index contributed by atoms with van der Waals surface area (Å²) in [6, 6.07) is 0.882. The zero-order valence-electron chi connectivity index (χ0n) is 11.5. The summed E-state index contributed by atoms with van der Waals surface area (Å²) in [5.74, 6) is 0.849. The van der Waals surface area contributed by atoms with Crippen LogP contribution >= 0.6 is 0 Å². The van der Waals surface area contributed by atoms with E-state index >= 15 is 0 Å². The quantitative estimate of drug-likeness (QED) is 0.576. The van der Waals surface area contributed by atoms with Gasteiger partial charge in [0.2, 0.25) is 0 Å². The minimum absolute atomic E-state index is 0.849. The van der Waals surface area contributed by atoms with E-state index in [4.69, 9.17) is 0 Å². The highest BCUT2D eigenvalue weighted by molar-refractivity contribution is 4.80. The van der Waals surface area contributed by atoms with Crippen LogP contribution in [0.5, 0.6) is 0 Å². The summed E-state index contributed by atoms with van der Waals surface area (Å²) in [4.78, 5) is 2.49. The molecule has 1 saturated carbocycles. The van der Waals surface area contributed by atoms with Crippen LogP contribution in [0.4, 0.5) is 0 Å². The third kappa shape index (κ3) is 7.24. The van der Waals surface area contributed by atoms with E-state index < -0.39 is 0 Å². The van der Waals surface area contributed by atoms with Gasteiger partial charge in [0.1, 0.15) is 0 Å². The van der Waals surface area contributed by atoms with E-state index in [1.54, 1.807) is 0 Å². The SMILES string of the molecule is CCC(C)CN(C)CCCCCNC1CC1. The standard InChI is InChI=1S/C14H30N2/c1-4-13(2)12-16(3)11-7-5-6-10-15-14-8-9-14/h13-15H,4-12H2,1-3H3. The van der Waals surface area contributed by atoms with Gasteiger partial charge in [0.15, 0.2) is 0 Å². The number of nitrogens with one attached hydrogen (secondary N) is 1. The fraction of sp³-hybridized carbons (Fsp3) is 1.00. The minimum Gasteiger partial charge on any atom is -0.314 e. The molecule has 0 aromatic carbocycles. The highest BCUT2D eigenvalue weighted by Crippen LogP contribution is 2.18. The molecular weight excluding hydrogens is 196 g/mol. The molecule has 0 heterocycles. The summed E-state index contributed by atoms with van der Waals surface area (Å²) in [7, 11) is 2.26. The zero-order valence-corrected chi connectivity index (χ0v) is 11.5. The maximum absolute atomic E-state index is 3.57. The average molecular weight is 226 g/mol. The molecule has 1 N–H and O–H groups in total. The van der Waals surface area contributed by atoms with Gasteiger partial charge >= 0.3 is 0 Å². The lowest BCUT2D eigenvalue weighted by atomic mass is 10.1. The van der Waals surface area contributed by atoms with Crippen LogP contribution in [0, 0.1) is 5.92 Å². The summed E-state index contributed by atoms with van der Waals surface area (Å²) in [5.41, 5.74) is 0. The third-order valence-corrected chi connectivity index (χ3v) is 3.55. The van der Waals surface area contributed by atoms with E-state index in [0.717, 1.165) is 12.0 Å². The van der Waals surface area contributed by atoms with E-state index in [1.807, 2.05) is 0 Å². The molecule has 96 valence electrons. The highest BCUT2D eigenvalue weighted by atomic mass is 15.1. The van der Waals surface area contributed by atoms with Gasteiger partial charge in [-0.2, -0.15) is 0 Å². The van der Waals surface area contributed by atoms with E-state index in [2.05, 4.69) is 31.1 Å². The second-order valence-corrected chi connectivity index (χ2v) is 5.56. The minimum atomic E-state index is 0.849. The van der Waals surface area contributed by atoms with Gasteiger partial charge in [0, 0.05) is 12.6 Å². The summed E-state index contributed by atoms with van der Waals surface area (Å²) < 4.78 is 0. The molecule has 0 aromatic rings. The zero-order chi connectivity index (χ0) is 11.8. The lowest BCUT2D eigenvalue weighted by Gasteiger charge is -2.20. The molecule has 0 aromatic heterocycles. The van der Waals surface area contributed by atoms with Gasteiger partial charge in [-0.1, -0.05) is 26.7 Å². The van der Waals surface area contributed by atoms with E-state index in [9.17, 15) is 0 Å². The molecule has 1 aliphatic rings. The van der Waals surface area contributed by atoms with Crippen molar-refractivity contribution in [2.75, 3.05) is 26.7 Å². The Morgan fingerprint density at radius 1 is 1.25 bits per heavy atom. The summed E-state index contributed by atoms with van der Waals surface area (Å²) in [6.07, 6.45) is 8.22. The Morgan fingerprint density at radius 2 is 2.00 bits per heavy atom. The summed E-state index contributed by atoms with van der Waals surface area (Å²) >= 11 is 0. The van der Waals surface area contributed by atoms with Crippen molar-refractivity contribution >= 4 is 0 Å². The Labute approximate surface area is 102 Å². The second kappa shape index (κ2) is 8.08. The maximum atomic E-state index is 3.57.